The van der Waals surface area contributed by atoms with Gasteiger partial charge >= 0.3 is 12.2 Å². The van der Waals surface area contributed by atoms with Crippen LogP contribution in [0.15, 0.2) is 48.7 Å². The van der Waals surface area contributed by atoms with E-state index in [1.54, 1.807) is 38.2 Å². The molecule has 0 bridgehead atoms. The molecule has 5 rings (SSSR count). The molecule has 2 fully saturated rings. The first kappa shape index (κ1) is 28.1. The van der Waals surface area contributed by atoms with Gasteiger partial charge in [0.2, 0.25) is 5.91 Å². The Morgan fingerprint density at radius 3 is 2.44 bits per heavy atom. The number of aromatic amines is 1. The van der Waals surface area contributed by atoms with Gasteiger partial charge in [-0.2, -0.15) is 18.3 Å². The highest BCUT2D eigenvalue weighted by Crippen LogP contribution is 2.41. The standard InChI is InChI=1S/C28H29F3N6O4/c1-16(2)22(33-23(38)17-5-4-6-19(13-17)28(29,30)31)24(39)36-11-9-27(10-12-36)25(40)35(3)26(41)37(27)20-7-8-21-18(14-20)15-32-34-21/h4-8,13-16,22H,9-12H2,1-3H3,(H,32,34)(H,33,38)/t22-/m1/s1. The van der Waals surface area contributed by atoms with Crippen molar-refractivity contribution >= 4 is 40.3 Å². The van der Waals surface area contributed by atoms with Gasteiger partial charge in [-0.1, -0.05) is 19.9 Å². The van der Waals surface area contributed by atoms with E-state index in [9.17, 15) is 32.3 Å². The topological polar surface area (TPSA) is 119 Å². The van der Waals surface area contributed by atoms with Gasteiger partial charge in [-0.05, 0) is 55.2 Å². The minimum absolute atomic E-state index is 0.138. The third-order valence-electron chi connectivity index (χ3n) is 7.86. The second kappa shape index (κ2) is 10.2. The molecule has 0 radical (unpaired) electrons. The largest absolute Gasteiger partial charge is 0.416 e. The van der Waals surface area contributed by atoms with Crippen molar-refractivity contribution in [1.29, 1.82) is 0 Å². The number of alkyl halides is 3. The Labute approximate surface area is 233 Å². The van der Waals surface area contributed by atoms with Gasteiger partial charge in [-0.15, -0.1) is 0 Å². The van der Waals surface area contributed by atoms with Crippen molar-refractivity contribution in [2.45, 2.75) is 44.4 Å². The molecule has 2 aliphatic rings. The average Bonchev–Trinajstić information content (AvgIpc) is 3.48. The van der Waals surface area contributed by atoms with E-state index in [4.69, 9.17) is 0 Å². The summed E-state index contributed by atoms with van der Waals surface area (Å²) in [6, 6.07) is 7.83. The lowest BCUT2D eigenvalue weighted by atomic mass is 9.85. The van der Waals surface area contributed by atoms with E-state index in [-0.39, 0.29) is 43.3 Å². The molecular weight excluding hydrogens is 541 g/mol. The molecule has 5 amide bonds. The van der Waals surface area contributed by atoms with Crippen LogP contribution in [0.3, 0.4) is 0 Å². The Morgan fingerprint density at radius 1 is 1.07 bits per heavy atom. The predicted molar refractivity (Wildman–Crippen MR) is 143 cm³/mol. The minimum atomic E-state index is -4.61. The number of piperidine rings is 1. The van der Waals surface area contributed by atoms with Crippen molar-refractivity contribution in [2.75, 3.05) is 25.0 Å². The molecular formula is C28H29F3N6O4. The van der Waals surface area contributed by atoms with Crippen molar-refractivity contribution in [3.63, 3.8) is 0 Å². The molecule has 2 aromatic carbocycles. The number of rotatable bonds is 5. The fourth-order valence-corrected chi connectivity index (χ4v) is 5.56. The van der Waals surface area contributed by atoms with Crippen LogP contribution in [-0.4, -0.2) is 75.5 Å². The Morgan fingerprint density at radius 2 is 1.78 bits per heavy atom. The Hall–Kier alpha value is -4.42. The Bertz CT molecular complexity index is 1530. The van der Waals surface area contributed by atoms with E-state index in [2.05, 4.69) is 15.5 Å². The van der Waals surface area contributed by atoms with Crippen LogP contribution in [0.5, 0.6) is 0 Å². The van der Waals surface area contributed by atoms with Crippen LogP contribution >= 0.6 is 0 Å². The van der Waals surface area contributed by atoms with Gasteiger partial charge in [0.25, 0.3) is 11.8 Å². The summed E-state index contributed by atoms with van der Waals surface area (Å²) < 4.78 is 39.4. The number of likely N-dealkylation sites (tertiary alicyclic amines) is 1. The Balaban J connectivity index is 1.34. The molecule has 13 heteroatoms. The maximum absolute atomic E-state index is 13.6. The van der Waals surface area contributed by atoms with E-state index >= 15 is 0 Å². The smallest absolute Gasteiger partial charge is 0.341 e. The van der Waals surface area contributed by atoms with Crippen LogP contribution < -0.4 is 10.2 Å². The monoisotopic (exact) mass is 570 g/mol. The number of imide groups is 1. The van der Waals surface area contributed by atoms with E-state index in [0.29, 0.717) is 5.69 Å². The van der Waals surface area contributed by atoms with Crippen molar-refractivity contribution < 1.29 is 32.3 Å². The van der Waals surface area contributed by atoms with E-state index in [1.165, 1.54) is 22.9 Å². The highest BCUT2D eigenvalue weighted by molar-refractivity contribution is 6.17. The summed E-state index contributed by atoms with van der Waals surface area (Å²) in [5, 5.41) is 10.2. The molecule has 1 spiro atoms. The number of aromatic nitrogens is 2. The van der Waals surface area contributed by atoms with Gasteiger partial charge in [-0.25, -0.2) is 4.79 Å². The number of carbonyl (C=O) groups excluding carboxylic acids is 4. The van der Waals surface area contributed by atoms with E-state index < -0.39 is 41.2 Å². The second-order valence-corrected chi connectivity index (χ2v) is 10.8. The lowest BCUT2D eigenvalue weighted by molar-refractivity contribution is -0.139. The third kappa shape index (κ3) is 4.89. The summed E-state index contributed by atoms with van der Waals surface area (Å²) in [5.41, 5.74) is -1.04. The van der Waals surface area contributed by atoms with E-state index in [0.717, 1.165) is 34.0 Å². The van der Waals surface area contributed by atoms with Crippen LogP contribution in [-0.2, 0) is 15.8 Å². The van der Waals surface area contributed by atoms with Gasteiger partial charge in [-0.3, -0.25) is 29.3 Å². The fraction of sp³-hybridized carbons (Fsp3) is 0.393. The number of likely N-dealkylation sites (N-methyl/N-ethyl adjacent to an activating group) is 1. The van der Waals surface area contributed by atoms with Crippen LogP contribution in [0.25, 0.3) is 10.9 Å². The molecule has 0 saturated carbocycles. The number of nitrogens with zero attached hydrogens (tertiary/aromatic N) is 4. The van der Waals surface area contributed by atoms with E-state index in [1.807, 2.05) is 0 Å². The summed E-state index contributed by atoms with van der Waals surface area (Å²) in [7, 11) is 1.43. The molecule has 216 valence electrons. The quantitative estimate of drug-likeness (QED) is 0.453. The molecule has 0 unspecified atom stereocenters. The van der Waals surface area contributed by atoms with Gasteiger partial charge in [0.1, 0.15) is 11.6 Å². The molecule has 1 atom stereocenters. The number of benzene rings is 2. The summed E-state index contributed by atoms with van der Waals surface area (Å²) in [5.74, 6) is -1.94. The fourth-order valence-electron chi connectivity index (χ4n) is 5.56. The zero-order chi connectivity index (χ0) is 29.7. The van der Waals surface area contributed by atoms with Crippen LogP contribution in [0.2, 0.25) is 0 Å². The maximum Gasteiger partial charge on any atom is 0.416 e. The molecule has 3 heterocycles. The number of hydrogen-bond donors (Lipinski definition) is 2. The van der Waals surface area contributed by atoms with Crippen molar-refractivity contribution in [3.05, 3.63) is 59.8 Å². The number of H-pyrrole nitrogens is 1. The number of amides is 5. The first-order chi connectivity index (χ1) is 19.3. The number of anilines is 1. The molecule has 3 aromatic rings. The van der Waals surface area contributed by atoms with Crippen molar-refractivity contribution in [2.24, 2.45) is 5.92 Å². The second-order valence-electron chi connectivity index (χ2n) is 10.8. The normalized spacial score (nSPS) is 18.1. The SMILES string of the molecule is CC(C)[C@@H](NC(=O)c1cccc(C(F)(F)F)c1)C(=O)N1CCC2(CC1)C(=O)N(C)C(=O)N2c1ccc2[nH]ncc2c1. The molecule has 2 N–H and O–H groups in total. The zero-order valence-corrected chi connectivity index (χ0v) is 22.7. The molecule has 41 heavy (non-hydrogen) atoms. The number of fused-ring (bicyclic) bond motifs is 1. The van der Waals surface area contributed by atoms with Gasteiger partial charge in [0, 0.05) is 36.8 Å². The highest BCUT2D eigenvalue weighted by Gasteiger charge is 2.58. The van der Waals surface area contributed by atoms with Gasteiger partial charge in [0.05, 0.1) is 17.3 Å². The third-order valence-corrected chi connectivity index (χ3v) is 7.86. The Kier molecular flexibility index (Phi) is 7.00. The first-order valence-electron chi connectivity index (χ1n) is 13.2. The first-order valence-corrected chi connectivity index (χ1v) is 13.2. The minimum Gasteiger partial charge on any atom is -0.341 e. The lowest BCUT2D eigenvalue weighted by Gasteiger charge is -2.43. The molecule has 0 aliphatic carbocycles. The molecule has 2 aliphatic heterocycles. The maximum atomic E-state index is 13.6. The van der Waals surface area contributed by atoms with Crippen molar-refractivity contribution in [3.8, 4) is 0 Å². The van der Waals surface area contributed by atoms with Gasteiger partial charge < -0.3 is 10.2 Å². The van der Waals surface area contributed by atoms with Crippen LogP contribution in [0.4, 0.5) is 23.7 Å². The number of halogens is 3. The number of urea groups is 1. The lowest BCUT2D eigenvalue weighted by Crippen LogP contribution is -2.60. The summed E-state index contributed by atoms with van der Waals surface area (Å²) in [4.78, 5) is 57.2. The summed E-state index contributed by atoms with van der Waals surface area (Å²) in [6.07, 6.45) is -2.65. The summed E-state index contributed by atoms with van der Waals surface area (Å²) in [6.45, 7) is 3.72. The molecule has 2 saturated heterocycles. The molecule has 10 nitrogen and oxygen atoms in total. The van der Waals surface area contributed by atoms with Gasteiger partial charge in [0.15, 0.2) is 0 Å². The zero-order valence-electron chi connectivity index (χ0n) is 22.7. The number of carbonyl (C=O) groups is 4. The molecule has 1 aromatic heterocycles. The van der Waals surface area contributed by atoms with Crippen molar-refractivity contribution in [1.82, 2.24) is 25.3 Å². The summed E-state index contributed by atoms with van der Waals surface area (Å²) >= 11 is 0. The number of hydrogen-bond acceptors (Lipinski definition) is 5. The van der Waals surface area contributed by atoms with Crippen LogP contribution in [0, 0.1) is 5.92 Å². The van der Waals surface area contributed by atoms with Crippen LogP contribution in [0.1, 0.15) is 42.6 Å². The predicted octanol–water partition coefficient (Wildman–Crippen LogP) is 3.80. The number of nitrogens with one attached hydrogen (secondary N) is 2. The average molecular weight is 571 g/mol. The highest BCUT2D eigenvalue weighted by atomic mass is 19.4.